The van der Waals surface area contributed by atoms with Crippen molar-refractivity contribution in [2.45, 2.75) is 39.5 Å². The van der Waals surface area contributed by atoms with E-state index in [1.54, 1.807) is 0 Å². The van der Waals surface area contributed by atoms with Gasteiger partial charge in [0.05, 0.1) is 13.2 Å². The Hall–Kier alpha value is 0.634. The van der Waals surface area contributed by atoms with E-state index in [1.807, 2.05) is 0 Å². The maximum atomic E-state index is 5.19. The molecule has 0 bridgehead atoms. The van der Waals surface area contributed by atoms with Gasteiger partial charge in [-0.3, -0.25) is 0 Å². The summed E-state index contributed by atoms with van der Waals surface area (Å²) in [5.74, 6) is 0. The van der Waals surface area contributed by atoms with Crippen molar-refractivity contribution in [2.24, 2.45) is 0 Å². The molecule has 4 nitrogen and oxygen atoms in total. The Labute approximate surface area is 172 Å². The van der Waals surface area contributed by atoms with Crippen molar-refractivity contribution in [3.63, 3.8) is 0 Å². The minimum atomic E-state index is 0. The summed E-state index contributed by atoms with van der Waals surface area (Å²) in [6.45, 7) is 7.95. The van der Waals surface area contributed by atoms with Gasteiger partial charge in [-0.15, -0.1) is 0 Å². The van der Waals surface area contributed by atoms with Crippen LogP contribution in [0.15, 0.2) is 0 Å². The second kappa shape index (κ2) is 24.9. The van der Waals surface area contributed by atoms with Gasteiger partial charge in [-0.05, 0) is 12.8 Å². The first kappa shape index (κ1) is 28.4. The molecule has 0 aromatic carbocycles. The average Bonchev–Trinajstić information content (AvgIpc) is 2.46. The summed E-state index contributed by atoms with van der Waals surface area (Å²) >= 11 is 18.1. The molecule has 0 amide bonds. The molecular formula is C14H26NiO4S4. The molecule has 140 valence electrons. The van der Waals surface area contributed by atoms with Crippen LogP contribution in [0.25, 0.3) is 0 Å². The van der Waals surface area contributed by atoms with Crippen molar-refractivity contribution in [3.05, 3.63) is 0 Å². The third-order valence-electron chi connectivity index (χ3n) is 2.18. The predicted molar refractivity (Wildman–Crippen MR) is 103 cm³/mol. The number of thiocarbonyl (C=S) groups is 2. The van der Waals surface area contributed by atoms with Gasteiger partial charge in [0.25, 0.3) is 0 Å². The van der Waals surface area contributed by atoms with Crippen molar-refractivity contribution in [2.75, 3.05) is 39.6 Å². The zero-order chi connectivity index (χ0) is 17.1. The van der Waals surface area contributed by atoms with E-state index in [0.717, 1.165) is 38.9 Å². The van der Waals surface area contributed by atoms with Crippen LogP contribution in [0.4, 0.5) is 0 Å². The van der Waals surface area contributed by atoms with Gasteiger partial charge in [-0.25, -0.2) is 0 Å². The number of rotatable bonds is 12. The molecule has 0 spiro atoms. The van der Waals surface area contributed by atoms with Gasteiger partial charge in [0.15, 0.2) is 0 Å². The van der Waals surface area contributed by atoms with Gasteiger partial charge in [-0.1, -0.05) is 26.7 Å². The van der Waals surface area contributed by atoms with Gasteiger partial charge in [0.1, 0.15) is 13.2 Å². The Morgan fingerprint density at radius 1 is 0.696 bits per heavy atom. The molecule has 0 aliphatic heterocycles. The van der Waals surface area contributed by atoms with E-state index in [1.165, 1.54) is 0 Å². The zero-order valence-electron chi connectivity index (χ0n) is 13.7. The molecule has 0 radical (unpaired) electrons. The van der Waals surface area contributed by atoms with Crippen LogP contribution in [0.2, 0.25) is 0 Å². The summed E-state index contributed by atoms with van der Waals surface area (Å²) in [7, 11) is 0. The Kier molecular flexibility index (Phi) is 30.8. The molecule has 0 fully saturated rings. The van der Waals surface area contributed by atoms with E-state index in [0.29, 0.717) is 26.4 Å². The molecule has 0 atom stereocenters. The summed E-state index contributed by atoms with van der Waals surface area (Å²) in [6, 6.07) is 0. The number of hydrogen-bond donors (Lipinski definition) is 0. The second-order valence-electron chi connectivity index (χ2n) is 4.13. The summed E-state index contributed by atoms with van der Waals surface area (Å²) in [4.78, 5) is 0. The van der Waals surface area contributed by atoms with Crippen LogP contribution in [-0.4, -0.2) is 48.4 Å². The van der Waals surface area contributed by atoms with Gasteiger partial charge in [0.2, 0.25) is 0 Å². The summed E-state index contributed by atoms with van der Waals surface area (Å²) in [5, 5.41) is 0. The fourth-order valence-electron chi connectivity index (χ4n) is 1.06. The van der Waals surface area contributed by atoms with Gasteiger partial charge in [0, 0.05) is 22.0 Å². The topological polar surface area (TPSA) is 36.9 Å². The van der Waals surface area contributed by atoms with Crippen molar-refractivity contribution >= 4 is 58.5 Å². The van der Waals surface area contributed by atoms with E-state index >= 15 is 0 Å². The molecule has 0 aliphatic carbocycles. The monoisotopic (exact) mass is 444 g/mol. The molecule has 0 saturated carbocycles. The second-order valence-corrected chi connectivity index (χ2v) is 6.13. The van der Waals surface area contributed by atoms with E-state index in [2.05, 4.69) is 63.5 Å². The smallest absolute Gasteiger partial charge is 0.511 e. The minimum absolute atomic E-state index is 0. The summed E-state index contributed by atoms with van der Waals surface area (Å²) < 4.78 is 20.4. The Morgan fingerprint density at radius 2 is 1.04 bits per heavy atom. The van der Waals surface area contributed by atoms with Gasteiger partial charge >= 0.3 is 16.5 Å². The SMILES string of the molecule is CCCCOCCOC(=S)[S-].CCCCOCCOC(=S)[S-].[Ni+2]. The van der Waals surface area contributed by atoms with Crippen LogP contribution in [0.3, 0.4) is 0 Å². The van der Waals surface area contributed by atoms with Crippen LogP contribution < -0.4 is 0 Å². The van der Waals surface area contributed by atoms with Crippen molar-refractivity contribution < 1.29 is 35.4 Å². The fourth-order valence-corrected chi connectivity index (χ4v) is 1.40. The van der Waals surface area contributed by atoms with Crippen molar-refractivity contribution in [3.8, 4) is 0 Å². The molecule has 9 heteroatoms. The Morgan fingerprint density at radius 3 is 1.30 bits per heavy atom. The fraction of sp³-hybridized carbons (Fsp3) is 0.857. The van der Waals surface area contributed by atoms with Crippen LogP contribution in [0.5, 0.6) is 0 Å². The van der Waals surface area contributed by atoms with Crippen molar-refractivity contribution in [1.82, 2.24) is 0 Å². The third-order valence-corrected chi connectivity index (χ3v) is 2.65. The predicted octanol–water partition coefficient (Wildman–Crippen LogP) is 3.30. The number of ether oxygens (including phenoxy) is 4. The summed E-state index contributed by atoms with van der Waals surface area (Å²) in [5.41, 5.74) is 0. The third kappa shape index (κ3) is 34.8. The summed E-state index contributed by atoms with van der Waals surface area (Å²) in [6.07, 6.45) is 4.50. The van der Waals surface area contributed by atoms with Crippen LogP contribution >= 0.6 is 24.4 Å². The van der Waals surface area contributed by atoms with Crippen molar-refractivity contribution in [1.29, 1.82) is 0 Å². The molecular weight excluding hydrogens is 419 g/mol. The van der Waals surface area contributed by atoms with E-state index in [9.17, 15) is 0 Å². The normalized spacial score (nSPS) is 9.13. The maximum absolute atomic E-state index is 5.19. The first-order valence-corrected chi connectivity index (χ1v) is 9.00. The maximum Gasteiger partial charge on any atom is 2.00 e. The largest absolute Gasteiger partial charge is 2.00 e. The Bertz CT molecular complexity index is 245. The zero-order valence-corrected chi connectivity index (χ0v) is 17.9. The molecule has 0 saturated heterocycles. The van der Waals surface area contributed by atoms with E-state index in [4.69, 9.17) is 18.9 Å². The van der Waals surface area contributed by atoms with Crippen LogP contribution in [0, 0.1) is 0 Å². The van der Waals surface area contributed by atoms with Crippen LogP contribution in [-0.2, 0) is 60.7 Å². The quantitative estimate of drug-likeness (QED) is 0.196. The van der Waals surface area contributed by atoms with E-state index in [-0.39, 0.29) is 25.3 Å². The molecule has 0 aromatic rings. The molecule has 23 heavy (non-hydrogen) atoms. The van der Waals surface area contributed by atoms with E-state index < -0.39 is 0 Å². The molecule has 0 heterocycles. The first-order valence-electron chi connectivity index (χ1n) is 7.37. The molecule has 0 aliphatic rings. The number of hydrogen-bond acceptors (Lipinski definition) is 8. The molecule has 0 rings (SSSR count). The molecule has 0 unspecified atom stereocenters. The van der Waals surface area contributed by atoms with Gasteiger partial charge < -0.3 is 68.6 Å². The Balaban J connectivity index is -0.000000333. The van der Waals surface area contributed by atoms with Gasteiger partial charge in [-0.2, -0.15) is 0 Å². The minimum Gasteiger partial charge on any atom is -0.511 e. The average molecular weight is 445 g/mol. The standard InChI is InChI=1S/2C7H14O2S2.Ni/c2*1-2-3-4-8-5-6-9-7(10)11;/h2*2-6H2,1H3,(H,10,11);/q;;+2/p-2. The first-order chi connectivity index (χ1) is 10.5. The molecule has 0 N–H and O–H groups in total. The molecule has 0 aromatic heterocycles. The number of unbranched alkanes of at least 4 members (excludes halogenated alkanes) is 2. The van der Waals surface area contributed by atoms with Crippen LogP contribution in [0.1, 0.15) is 39.5 Å².